The molecule has 1 aliphatic heterocycles. The van der Waals surface area contributed by atoms with Crippen molar-refractivity contribution >= 4 is 16.1 Å². The number of nitrogens with zero attached hydrogens (tertiary/aromatic N) is 1. The number of aliphatic imine (C=N–C) groups is 1. The van der Waals surface area contributed by atoms with Crippen LogP contribution in [0.25, 0.3) is 0 Å². The molecule has 0 saturated carbocycles. The second-order valence-corrected chi connectivity index (χ2v) is 6.37. The Hall–Kier alpha value is -1.14. The minimum atomic E-state index is -2.79. The van der Waals surface area contributed by atoms with E-state index in [4.69, 9.17) is 4.42 Å². The van der Waals surface area contributed by atoms with Crippen molar-refractivity contribution in [3.8, 4) is 0 Å². The van der Waals surface area contributed by atoms with E-state index in [0.29, 0.717) is 25.3 Å². The van der Waals surface area contributed by atoms with Gasteiger partial charge < -0.3 is 9.73 Å². The van der Waals surface area contributed by atoms with E-state index in [-0.39, 0.29) is 11.8 Å². The quantitative estimate of drug-likeness (QED) is 0.614. The van der Waals surface area contributed by atoms with Crippen molar-refractivity contribution in [3.63, 3.8) is 0 Å². The first-order valence-electron chi connectivity index (χ1n) is 5.61. The van der Waals surface area contributed by atoms with Gasteiger partial charge in [-0.15, -0.1) is 0 Å². The smallest absolute Gasteiger partial charge is 0.151 e. The highest BCUT2D eigenvalue weighted by molar-refractivity contribution is 7.91. The van der Waals surface area contributed by atoms with Crippen LogP contribution in [0, 0.1) is 0 Å². The van der Waals surface area contributed by atoms with E-state index in [1.165, 1.54) is 0 Å². The van der Waals surface area contributed by atoms with E-state index in [0.717, 1.165) is 5.56 Å². The van der Waals surface area contributed by atoms with Gasteiger partial charge in [-0.05, 0) is 12.5 Å². The van der Waals surface area contributed by atoms with Gasteiger partial charge in [-0.1, -0.05) is 0 Å². The molecule has 1 saturated heterocycles. The van der Waals surface area contributed by atoms with Crippen molar-refractivity contribution < 1.29 is 12.8 Å². The van der Waals surface area contributed by atoms with E-state index in [1.54, 1.807) is 18.7 Å². The third-order valence-corrected chi connectivity index (χ3v) is 4.46. The van der Waals surface area contributed by atoms with Crippen molar-refractivity contribution in [2.24, 2.45) is 4.99 Å². The van der Waals surface area contributed by atoms with Gasteiger partial charge in [0.15, 0.2) is 9.84 Å². The summed E-state index contributed by atoms with van der Waals surface area (Å²) in [4.78, 5) is 4.21. The second kappa shape index (κ2) is 5.46. The van der Waals surface area contributed by atoms with Crippen LogP contribution in [0.3, 0.4) is 0 Å². The summed E-state index contributed by atoms with van der Waals surface area (Å²) in [7, 11) is -2.79. The Bertz CT molecular complexity index is 465. The summed E-state index contributed by atoms with van der Waals surface area (Å²) in [5.74, 6) is 0.571. The fourth-order valence-corrected chi connectivity index (χ4v) is 3.52. The molecule has 0 bridgehead atoms. The lowest BCUT2D eigenvalue weighted by atomic mass is 10.3. The molecule has 5 nitrogen and oxygen atoms in total. The lowest BCUT2D eigenvalue weighted by Crippen LogP contribution is -2.32. The molecule has 0 amide bonds. The van der Waals surface area contributed by atoms with E-state index in [9.17, 15) is 8.42 Å². The van der Waals surface area contributed by atoms with Gasteiger partial charge in [0.2, 0.25) is 0 Å². The molecule has 1 N–H and O–H groups in total. The zero-order valence-corrected chi connectivity index (χ0v) is 10.3. The molecule has 1 aliphatic rings. The molecule has 2 heterocycles. The molecule has 1 unspecified atom stereocenters. The summed E-state index contributed by atoms with van der Waals surface area (Å²) in [5.41, 5.74) is 0.938. The Morgan fingerprint density at radius 2 is 2.47 bits per heavy atom. The molecule has 0 spiro atoms. The molecule has 17 heavy (non-hydrogen) atoms. The van der Waals surface area contributed by atoms with Crippen molar-refractivity contribution in [2.75, 3.05) is 24.6 Å². The Balaban J connectivity index is 1.64. The first kappa shape index (κ1) is 12.3. The third-order valence-electron chi connectivity index (χ3n) is 2.69. The molecule has 1 aromatic heterocycles. The zero-order valence-electron chi connectivity index (χ0n) is 9.50. The lowest BCUT2D eigenvalue weighted by Gasteiger charge is -2.08. The monoisotopic (exact) mass is 256 g/mol. The van der Waals surface area contributed by atoms with Crippen LogP contribution in [0.15, 0.2) is 28.0 Å². The molecule has 1 atom stereocenters. The fraction of sp³-hybridized carbons (Fsp3) is 0.545. The number of sulfone groups is 1. The summed E-state index contributed by atoms with van der Waals surface area (Å²) >= 11 is 0. The van der Waals surface area contributed by atoms with Gasteiger partial charge >= 0.3 is 0 Å². The van der Waals surface area contributed by atoms with E-state index in [1.807, 2.05) is 6.07 Å². The van der Waals surface area contributed by atoms with Gasteiger partial charge in [-0.3, -0.25) is 4.99 Å². The maximum absolute atomic E-state index is 11.2. The maximum atomic E-state index is 11.2. The molecule has 0 aromatic carbocycles. The predicted molar refractivity (Wildman–Crippen MR) is 66.2 cm³/mol. The predicted octanol–water partition coefficient (Wildman–Crippen LogP) is 0.475. The first-order valence-corrected chi connectivity index (χ1v) is 7.44. The van der Waals surface area contributed by atoms with Crippen LogP contribution in [0.5, 0.6) is 0 Å². The maximum Gasteiger partial charge on any atom is 0.151 e. The van der Waals surface area contributed by atoms with Crippen LogP contribution in [0.2, 0.25) is 0 Å². The summed E-state index contributed by atoms with van der Waals surface area (Å²) in [6.07, 6.45) is 5.69. The van der Waals surface area contributed by atoms with Crippen molar-refractivity contribution in [1.29, 1.82) is 0 Å². The van der Waals surface area contributed by atoms with Gasteiger partial charge in [0.05, 0.1) is 30.6 Å². The van der Waals surface area contributed by atoms with Crippen LogP contribution in [0.4, 0.5) is 0 Å². The molecule has 0 aliphatic carbocycles. The number of hydrogen-bond donors (Lipinski definition) is 1. The van der Waals surface area contributed by atoms with Crippen LogP contribution < -0.4 is 5.32 Å². The molecule has 1 fully saturated rings. The van der Waals surface area contributed by atoms with Gasteiger partial charge in [0, 0.05) is 24.4 Å². The second-order valence-electron chi connectivity index (χ2n) is 4.15. The van der Waals surface area contributed by atoms with E-state index >= 15 is 0 Å². The minimum Gasteiger partial charge on any atom is -0.472 e. The van der Waals surface area contributed by atoms with Gasteiger partial charge in [-0.25, -0.2) is 8.42 Å². The number of furan rings is 1. The highest BCUT2D eigenvalue weighted by atomic mass is 32.2. The number of nitrogens with one attached hydrogen (secondary N) is 1. The summed E-state index contributed by atoms with van der Waals surface area (Å²) in [6, 6.07) is 1.93. The highest BCUT2D eigenvalue weighted by Crippen LogP contribution is 2.10. The third kappa shape index (κ3) is 3.98. The summed E-state index contributed by atoms with van der Waals surface area (Å²) < 4.78 is 27.3. The Kier molecular flexibility index (Phi) is 3.96. The average molecular weight is 256 g/mol. The molecule has 94 valence electrons. The van der Waals surface area contributed by atoms with Crippen molar-refractivity contribution in [3.05, 3.63) is 24.2 Å². The zero-order chi connectivity index (χ0) is 12.1. The normalized spacial score (nSPS) is 23.4. The molecule has 6 heteroatoms. The van der Waals surface area contributed by atoms with E-state index in [2.05, 4.69) is 10.3 Å². The largest absolute Gasteiger partial charge is 0.472 e. The average Bonchev–Trinajstić information content (AvgIpc) is 2.88. The Morgan fingerprint density at radius 3 is 3.12 bits per heavy atom. The van der Waals surface area contributed by atoms with Crippen LogP contribution in [0.1, 0.15) is 12.0 Å². The molecule has 1 aromatic rings. The first-order chi connectivity index (χ1) is 8.16. The van der Waals surface area contributed by atoms with Crippen LogP contribution in [-0.4, -0.2) is 45.3 Å². The van der Waals surface area contributed by atoms with Crippen LogP contribution >= 0.6 is 0 Å². The van der Waals surface area contributed by atoms with Gasteiger partial charge in [-0.2, -0.15) is 0 Å². The van der Waals surface area contributed by atoms with Gasteiger partial charge in [0.1, 0.15) is 0 Å². The van der Waals surface area contributed by atoms with Crippen LogP contribution in [-0.2, 0) is 9.84 Å². The lowest BCUT2D eigenvalue weighted by molar-refractivity contribution is 0.561. The standard InChI is InChI=1S/C11H16N2O3S/c14-17(15)6-2-11(9-17)13-4-3-12-7-10-1-5-16-8-10/h1,5,7-8,11,13H,2-4,6,9H2. The molecule has 0 radical (unpaired) electrons. The number of hydrogen-bond acceptors (Lipinski definition) is 5. The number of rotatable bonds is 5. The topological polar surface area (TPSA) is 71.7 Å². The summed E-state index contributed by atoms with van der Waals surface area (Å²) in [5, 5.41) is 3.20. The fourth-order valence-electron chi connectivity index (χ4n) is 1.81. The highest BCUT2D eigenvalue weighted by Gasteiger charge is 2.26. The van der Waals surface area contributed by atoms with E-state index < -0.39 is 9.84 Å². The minimum absolute atomic E-state index is 0.101. The van der Waals surface area contributed by atoms with Crippen molar-refractivity contribution in [2.45, 2.75) is 12.5 Å². The SMILES string of the molecule is O=S1(=O)CCC(NCCN=Cc2ccoc2)C1. The molecular formula is C11H16N2O3S. The summed E-state index contributed by atoms with van der Waals surface area (Å²) in [6.45, 7) is 1.34. The van der Waals surface area contributed by atoms with Crippen molar-refractivity contribution in [1.82, 2.24) is 5.32 Å². The molecular weight excluding hydrogens is 240 g/mol. The Labute approximate surface area is 101 Å². The van der Waals surface area contributed by atoms with Gasteiger partial charge in [0.25, 0.3) is 0 Å². The Morgan fingerprint density at radius 1 is 1.59 bits per heavy atom. The molecule has 2 rings (SSSR count).